The van der Waals surface area contributed by atoms with Crippen molar-refractivity contribution < 1.29 is 37.1 Å². The maximum atomic E-state index is 11.9. The molecule has 0 unspecified atom stereocenters. The molecule has 0 saturated heterocycles. The summed E-state index contributed by atoms with van der Waals surface area (Å²) in [6, 6.07) is 10.3. The minimum atomic E-state index is -4.64. The van der Waals surface area contributed by atoms with Gasteiger partial charge >= 0.3 is 11.9 Å². The minimum absolute atomic E-state index is 0.0699. The lowest BCUT2D eigenvalue weighted by Gasteiger charge is -2.15. The molecule has 10 heteroatoms. The van der Waals surface area contributed by atoms with Crippen molar-refractivity contribution in [3.63, 3.8) is 0 Å². The molecule has 0 amide bonds. The lowest BCUT2D eigenvalue weighted by atomic mass is 10.0. The lowest BCUT2D eigenvalue weighted by molar-refractivity contribution is -0.138. The predicted molar refractivity (Wildman–Crippen MR) is 99.1 cm³/mol. The first-order chi connectivity index (χ1) is 13.2. The first-order valence-electron chi connectivity index (χ1n) is 7.72. The molecular weight excluding hydrogens is 390 g/mol. The van der Waals surface area contributed by atoms with Crippen LogP contribution in [-0.2, 0) is 29.2 Å². The number of benzene rings is 2. The summed E-state index contributed by atoms with van der Waals surface area (Å²) in [5, 5.41) is 13.0. The van der Waals surface area contributed by atoms with Crippen molar-refractivity contribution >= 4 is 27.7 Å². The highest BCUT2D eigenvalue weighted by atomic mass is 32.2. The van der Waals surface area contributed by atoms with Crippen LogP contribution in [0.25, 0.3) is 11.1 Å². The quantitative estimate of drug-likeness (QED) is 0.284. The third kappa shape index (κ3) is 4.87. The fourth-order valence-corrected chi connectivity index (χ4v) is 2.80. The van der Waals surface area contributed by atoms with Crippen LogP contribution >= 0.6 is 0 Å². The summed E-state index contributed by atoms with van der Waals surface area (Å²) in [5.74, 6) is -2.27. The summed E-state index contributed by atoms with van der Waals surface area (Å²) in [6.07, 6.45) is 0.771. The second-order valence-electron chi connectivity index (χ2n) is 5.41. The Morgan fingerprint density at radius 1 is 1.07 bits per heavy atom. The largest absolute Gasteiger partial charge is 0.505 e. The SMILES string of the molecule is COC(=O)/C=C(/Nc1cc(S(=O)(=O)O)cc(-c2ccccc2)c1O)C(=O)OC. The van der Waals surface area contributed by atoms with Crippen molar-refractivity contribution in [3.8, 4) is 16.9 Å². The van der Waals surface area contributed by atoms with E-state index in [0.29, 0.717) is 5.56 Å². The van der Waals surface area contributed by atoms with Crippen molar-refractivity contribution in [1.29, 1.82) is 0 Å². The standard InChI is InChI=1S/C18H17NO8S/c1-26-16(20)10-15(18(22)27-2)19-14-9-12(28(23,24)25)8-13(17(14)21)11-6-4-3-5-7-11/h3-10,19,21H,1-2H3,(H,23,24,25)/b15-10+. The highest BCUT2D eigenvalue weighted by Gasteiger charge is 2.21. The third-order valence-corrected chi connectivity index (χ3v) is 4.44. The molecule has 148 valence electrons. The molecule has 0 radical (unpaired) electrons. The summed E-state index contributed by atoms with van der Waals surface area (Å²) in [7, 11) is -2.48. The Bertz CT molecular complexity index is 1030. The van der Waals surface area contributed by atoms with Crippen molar-refractivity contribution in [1.82, 2.24) is 0 Å². The van der Waals surface area contributed by atoms with Crippen LogP contribution < -0.4 is 5.32 Å². The summed E-state index contributed by atoms with van der Waals surface area (Å²) >= 11 is 0. The number of hydrogen-bond acceptors (Lipinski definition) is 8. The second kappa shape index (κ2) is 8.55. The Balaban J connectivity index is 2.67. The average molecular weight is 407 g/mol. The monoisotopic (exact) mass is 407 g/mol. The maximum absolute atomic E-state index is 11.9. The van der Waals surface area contributed by atoms with Gasteiger partial charge in [-0.1, -0.05) is 30.3 Å². The summed E-state index contributed by atoms with van der Waals surface area (Å²) in [5.41, 5.74) is -0.156. The van der Waals surface area contributed by atoms with Crippen LogP contribution in [0.1, 0.15) is 0 Å². The van der Waals surface area contributed by atoms with Crippen LogP contribution in [0.4, 0.5) is 5.69 Å². The molecule has 0 aromatic heterocycles. The van der Waals surface area contributed by atoms with Gasteiger partial charge in [0.05, 0.1) is 30.9 Å². The van der Waals surface area contributed by atoms with Gasteiger partial charge in [0.2, 0.25) is 0 Å². The molecule has 0 heterocycles. The Morgan fingerprint density at radius 3 is 2.25 bits per heavy atom. The topological polar surface area (TPSA) is 139 Å². The predicted octanol–water partition coefficient (Wildman–Crippen LogP) is 1.95. The fraction of sp³-hybridized carbons (Fsp3) is 0.111. The van der Waals surface area contributed by atoms with Crippen molar-refractivity contribution in [2.24, 2.45) is 0 Å². The lowest BCUT2D eigenvalue weighted by Crippen LogP contribution is -2.16. The molecule has 0 saturated carbocycles. The number of phenolic OH excluding ortho intramolecular Hbond substituents is 1. The highest BCUT2D eigenvalue weighted by Crippen LogP contribution is 2.38. The number of phenols is 1. The van der Waals surface area contributed by atoms with Crippen LogP contribution in [0.3, 0.4) is 0 Å². The maximum Gasteiger partial charge on any atom is 0.354 e. The number of esters is 2. The van der Waals surface area contributed by atoms with Gasteiger partial charge in [0, 0.05) is 5.56 Å². The first kappa shape index (κ1) is 20.9. The zero-order valence-corrected chi connectivity index (χ0v) is 15.7. The van der Waals surface area contributed by atoms with Crippen LogP contribution in [-0.4, -0.2) is 44.2 Å². The molecule has 3 N–H and O–H groups in total. The number of rotatable bonds is 6. The van der Waals surface area contributed by atoms with E-state index in [1.165, 1.54) is 0 Å². The number of carbonyl (C=O) groups is 2. The molecule has 0 aliphatic rings. The molecule has 28 heavy (non-hydrogen) atoms. The normalized spacial score (nSPS) is 11.6. The average Bonchev–Trinajstić information content (AvgIpc) is 2.67. The third-order valence-electron chi connectivity index (χ3n) is 3.60. The molecule has 9 nitrogen and oxygen atoms in total. The Morgan fingerprint density at radius 2 is 1.71 bits per heavy atom. The Kier molecular flexibility index (Phi) is 6.39. The summed E-state index contributed by atoms with van der Waals surface area (Å²) < 4.78 is 41.7. The van der Waals surface area contributed by atoms with E-state index in [1.807, 2.05) is 0 Å². The van der Waals surface area contributed by atoms with E-state index >= 15 is 0 Å². The molecule has 0 spiro atoms. The number of ether oxygens (including phenoxy) is 2. The van der Waals surface area contributed by atoms with Gasteiger partial charge in [0.15, 0.2) is 0 Å². The number of hydrogen-bond donors (Lipinski definition) is 3. The van der Waals surface area contributed by atoms with Crippen LogP contribution in [0.15, 0.2) is 59.1 Å². The first-order valence-corrected chi connectivity index (χ1v) is 9.16. The van der Waals surface area contributed by atoms with Gasteiger partial charge in [-0.25, -0.2) is 9.59 Å². The molecule has 2 aromatic rings. The van der Waals surface area contributed by atoms with Gasteiger partial charge in [-0.05, 0) is 17.7 Å². The van der Waals surface area contributed by atoms with Gasteiger partial charge in [0.1, 0.15) is 11.4 Å². The van der Waals surface area contributed by atoms with Crippen molar-refractivity contribution in [2.75, 3.05) is 19.5 Å². The summed E-state index contributed by atoms with van der Waals surface area (Å²) in [4.78, 5) is 22.9. The zero-order valence-electron chi connectivity index (χ0n) is 14.9. The van der Waals surface area contributed by atoms with E-state index in [1.54, 1.807) is 30.3 Å². The van der Waals surface area contributed by atoms with E-state index in [2.05, 4.69) is 14.8 Å². The van der Waals surface area contributed by atoms with Crippen molar-refractivity contribution in [2.45, 2.75) is 4.90 Å². The number of methoxy groups -OCH3 is 2. The van der Waals surface area contributed by atoms with Crippen LogP contribution in [0.5, 0.6) is 5.75 Å². The number of carbonyl (C=O) groups excluding carboxylic acids is 2. The van der Waals surface area contributed by atoms with Crippen molar-refractivity contribution in [3.05, 3.63) is 54.2 Å². The van der Waals surface area contributed by atoms with Gasteiger partial charge in [-0.2, -0.15) is 8.42 Å². The van der Waals surface area contributed by atoms with E-state index in [-0.39, 0.29) is 11.3 Å². The fourth-order valence-electron chi connectivity index (χ4n) is 2.27. The molecule has 2 aromatic carbocycles. The minimum Gasteiger partial charge on any atom is -0.505 e. The smallest absolute Gasteiger partial charge is 0.354 e. The van der Waals surface area contributed by atoms with Gasteiger partial charge < -0.3 is 19.9 Å². The highest BCUT2D eigenvalue weighted by molar-refractivity contribution is 7.85. The van der Waals surface area contributed by atoms with E-state index in [4.69, 9.17) is 0 Å². The molecule has 0 atom stereocenters. The van der Waals surface area contributed by atoms with E-state index in [0.717, 1.165) is 32.4 Å². The molecule has 0 fully saturated rings. The molecule has 0 aliphatic carbocycles. The Hall–Kier alpha value is -3.37. The molecule has 0 bridgehead atoms. The Labute approximate surface area is 161 Å². The van der Waals surface area contributed by atoms with E-state index in [9.17, 15) is 27.7 Å². The second-order valence-corrected chi connectivity index (χ2v) is 6.83. The molecule has 2 rings (SSSR count). The summed E-state index contributed by atoms with van der Waals surface area (Å²) in [6.45, 7) is 0. The van der Waals surface area contributed by atoms with Gasteiger partial charge in [-0.15, -0.1) is 0 Å². The van der Waals surface area contributed by atoms with Crippen LogP contribution in [0.2, 0.25) is 0 Å². The van der Waals surface area contributed by atoms with Gasteiger partial charge in [-0.3, -0.25) is 4.55 Å². The van der Waals surface area contributed by atoms with E-state index < -0.39 is 38.4 Å². The number of nitrogens with one attached hydrogen (secondary N) is 1. The molecule has 0 aliphatic heterocycles. The number of aromatic hydroxyl groups is 1. The molecular formula is C18H17NO8S. The zero-order chi connectivity index (χ0) is 20.9. The van der Waals surface area contributed by atoms with Gasteiger partial charge in [0.25, 0.3) is 10.1 Å². The van der Waals surface area contributed by atoms with Crippen LogP contribution in [0, 0.1) is 0 Å². The number of anilines is 1.